The standard InChI is InChI=1S/C15H13N3O3/c1-17(10-11-5-4-8-21-11)14(19)12-9-16-13-6-2-3-7-18(13)15(12)20/h2-9H,10H2,1H3. The van der Waals surface area contributed by atoms with Gasteiger partial charge >= 0.3 is 0 Å². The van der Waals surface area contributed by atoms with Gasteiger partial charge in [0.15, 0.2) is 0 Å². The lowest BCUT2D eigenvalue weighted by Gasteiger charge is -2.15. The van der Waals surface area contributed by atoms with Crippen molar-refractivity contribution >= 4 is 11.6 Å². The zero-order valence-electron chi connectivity index (χ0n) is 11.4. The van der Waals surface area contributed by atoms with Crippen LogP contribution >= 0.6 is 0 Å². The summed E-state index contributed by atoms with van der Waals surface area (Å²) in [5.74, 6) is 0.266. The highest BCUT2D eigenvalue weighted by Gasteiger charge is 2.18. The Bertz CT molecular complexity index is 837. The van der Waals surface area contributed by atoms with Crippen molar-refractivity contribution < 1.29 is 9.21 Å². The smallest absolute Gasteiger partial charge is 0.270 e. The second-order valence-corrected chi connectivity index (χ2v) is 4.65. The van der Waals surface area contributed by atoms with E-state index in [4.69, 9.17) is 4.42 Å². The Morgan fingerprint density at radius 1 is 1.33 bits per heavy atom. The number of aromatic nitrogens is 2. The molecule has 0 saturated heterocycles. The molecule has 106 valence electrons. The summed E-state index contributed by atoms with van der Waals surface area (Å²) in [4.78, 5) is 30.3. The molecule has 0 aliphatic heterocycles. The molecule has 3 heterocycles. The van der Waals surface area contributed by atoms with Crippen molar-refractivity contribution in [2.75, 3.05) is 7.05 Å². The van der Waals surface area contributed by atoms with E-state index in [9.17, 15) is 9.59 Å². The SMILES string of the molecule is CN(Cc1ccco1)C(=O)c1cnc2ccccn2c1=O. The Kier molecular flexibility index (Phi) is 3.27. The molecule has 0 radical (unpaired) electrons. The lowest BCUT2D eigenvalue weighted by atomic mass is 10.2. The predicted molar refractivity (Wildman–Crippen MR) is 76.0 cm³/mol. The molecule has 0 atom stereocenters. The zero-order valence-corrected chi connectivity index (χ0v) is 11.4. The van der Waals surface area contributed by atoms with Crippen molar-refractivity contribution in [1.82, 2.24) is 14.3 Å². The van der Waals surface area contributed by atoms with Crippen LogP contribution in [0.5, 0.6) is 0 Å². The number of nitrogens with zero attached hydrogens (tertiary/aromatic N) is 3. The van der Waals surface area contributed by atoms with Gasteiger partial charge in [-0.3, -0.25) is 14.0 Å². The fraction of sp³-hybridized carbons (Fsp3) is 0.133. The lowest BCUT2D eigenvalue weighted by Crippen LogP contribution is -2.32. The average molecular weight is 283 g/mol. The molecule has 0 aromatic carbocycles. The molecule has 6 nitrogen and oxygen atoms in total. The molecule has 0 saturated carbocycles. The summed E-state index contributed by atoms with van der Waals surface area (Å²) in [6.07, 6.45) is 4.45. The highest BCUT2D eigenvalue weighted by Crippen LogP contribution is 2.07. The minimum Gasteiger partial charge on any atom is -0.467 e. The Labute approximate surface area is 120 Å². The fourth-order valence-electron chi connectivity index (χ4n) is 2.09. The average Bonchev–Trinajstić information content (AvgIpc) is 3.00. The first-order valence-electron chi connectivity index (χ1n) is 6.41. The minimum absolute atomic E-state index is 0.0350. The van der Waals surface area contributed by atoms with Crippen molar-refractivity contribution in [1.29, 1.82) is 0 Å². The number of furan rings is 1. The minimum atomic E-state index is -0.387. The van der Waals surface area contributed by atoms with E-state index >= 15 is 0 Å². The molecule has 0 fully saturated rings. The largest absolute Gasteiger partial charge is 0.467 e. The molecule has 0 N–H and O–H groups in total. The molecule has 0 aliphatic rings. The van der Waals surface area contributed by atoms with Crippen LogP contribution in [0.2, 0.25) is 0 Å². The Morgan fingerprint density at radius 3 is 2.95 bits per heavy atom. The quantitative estimate of drug-likeness (QED) is 0.731. The van der Waals surface area contributed by atoms with E-state index in [1.807, 2.05) is 0 Å². The van der Waals surface area contributed by atoms with Crippen molar-refractivity contribution in [3.8, 4) is 0 Å². The van der Waals surface area contributed by atoms with Gasteiger partial charge in [-0.2, -0.15) is 0 Å². The molecular formula is C15H13N3O3. The monoisotopic (exact) mass is 283 g/mol. The van der Waals surface area contributed by atoms with E-state index < -0.39 is 0 Å². The van der Waals surface area contributed by atoms with Gasteiger partial charge in [-0.05, 0) is 24.3 Å². The van der Waals surface area contributed by atoms with Crippen LogP contribution in [0.15, 0.2) is 58.2 Å². The van der Waals surface area contributed by atoms with Gasteiger partial charge in [-0.25, -0.2) is 4.98 Å². The van der Waals surface area contributed by atoms with E-state index in [2.05, 4.69) is 4.98 Å². The summed E-state index contributed by atoms with van der Waals surface area (Å²) in [5.41, 5.74) is 0.164. The van der Waals surface area contributed by atoms with Crippen molar-refractivity contribution in [2.24, 2.45) is 0 Å². The summed E-state index contributed by atoms with van der Waals surface area (Å²) < 4.78 is 6.55. The molecule has 0 unspecified atom stereocenters. The van der Waals surface area contributed by atoms with Crippen LogP contribution in [0.3, 0.4) is 0 Å². The lowest BCUT2D eigenvalue weighted by molar-refractivity contribution is 0.0773. The highest BCUT2D eigenvalue weighted by molar-refractivity contribution is 5.93. The van der Waals surface area contributed by atoms with Gasteiger partial charge in [-0.1, -0.05) is 6.07 Å². The van der Waals surface area contributed by atoms with Crippen molar-refractivity contribution in [2.45, 2.75) is 6.54 Å². The molecule has 0 spiro atoms. The number of carbonyl (C=O) groups is 1. The van der Waals surface area contributed by atoms with E-state index in [1.54, 1.807) is 49.8 Å². The van der Waals surface area contributed by atoms with Gasteiger partial charge < -0.3 is 9.32 Å². The zero-order chi connectivity index (χ0) is 14.8. The molecule has 0 bridgehead atoms. The summed E-state index contributed by atoms with van der Waals surface area (Å²) in [6, 6.07) is 8.74. The molecule has 3 rings (SSSR count). The van der Waals surface area contributed by atoms with Crippen LogP contribution < -0.4 is 5.56 Å². The predicted octanol–water partition coefficient (Wildman–Crippen LogP) is 1.56. The second kappa shape index (κ2) is 5.24. The molecule has 6 heteroatoms. The highest BCUT2D eigenvalue weighted by atomic mass is 16.3. The molecule has 3 aromatic heterocycles. The first-order valence-corrected chi connectivity index (χ1v) is 6.41. The topological polar surface area (TPSA) is 67.8 Å². The number of amides is 1. The molecule has 0 aliphatic carbocycles. The third-order valence-corrected chi connectivity index (χ3v) is 3.16. The van der Waals surface area contributed by atoms with Gasteiger partial charge in [0.25, 0.3) is 11.5 Å². The second-order valence-electron chi connectivity index (χ2n) is 4.65. The maximum atomic E-state index is 12.4. The van der Waals surface area contributed by atoms with Gasteiger partial charge in [-0.15, -0.1) is 0 Å². The Balaban J connectivity index is 1.94. The third-order valence-electron chi connectivity index (χ3n) is 3.16. The summed E-state index contributed by atoms with van der Waals surface area (Å²) in [5, 5.41) is 0. The third kappa shape index (κ3) is 2.43. The first-order chi connectivity index (χ1) is 10.2. The fourth-order valence-corrected chi connectivity index (χ4v) is 2.09. The number of carbonyl (C=O) groups excluding carboxylic acids is 1. The van der Waals surface area contributed by atoms with Gasteiger partial charge in [0, 0.05) is 19.4 Å². The number of fused-ring (bicyclic) bond motifs is 1. The van der Waals surface area contributed by atoms with Crippen molar-refractivity contribution in [3.63, 3.8) is 0 Å². The van der Waals surface area contributed by atoms with Crippen LogP contribution in [-0.4, -0.2) is 27.2 Å². The normalized spacial score (nSPS) is 10.7. The van der Waals surface area contributed by atoms with Crippen LogP contribution in [0.25, 0.3) is 5.65 Å². The summed E-state index contributed by atoms with van der Waals surface area (Å²) >= 11 is 0. The Morgan fingerprint density at radius 2 is 2.19 bits per heavy atom. The molecule has 21 heavy (non-hydrogen) atoms. The molecule has 1 amide bonds. The number of rotatable bonds is 3. The van der Waals surface area contributed by atoms with Crippen LogP contribution in [0, 0.1) is 0 Å². The van der Waals surface area contributed by atoms with E-state index in [-0.39, 0.29) is 17.0 Å². The van der Waals surface area contributed by atoms with Crippen LogP contribution in [0.4, 0.5) is 0 Å². The number of hydrogen-bond donors (Lipinski definition) is 0. The summed E-state index contributed by atoms with van der Waals surface area (Å²) in [6.45, 7) is 0.294. The van der Waals surface area contributed by atoms with Crippen molar-refractivity contribution in [3.05, 3.63) is 70.7 Å². The van der Waals surface area contributed by atoms with Gasteiger partial charge in [0.05, 0.1) is 12.8 Å². The van der Waals surface area contributed by atoms with E-state index in [0.29, 0.717) is 18.0 Å². The molecular weight excluding hydrogens is 270 g/mol. The Hall–Kier alpha value is -2.89. The molecule has 3 aromatic rings. The van der Waals surface area contributed by atoms with E-state index in [0.717, 1.165) is 0 Å². The van der Waals surface area contributed by atoms with Gasteiger partial charge in [0.2, 0.25) is 0 Å². The maximum absolute atomic E-state index is 12.4. The number of pyridine rings is 1. The van der Waals surface area contributed by atoms with E-state index in [1.165, 1.54) is 15.5 Å². The first kappa shape index (κ1) is 13.1. The summed E-state index contributed by atoms with van der Waals surface area (Å²) in [7, 11) is 1.62. The van der Waals surface area contributed by atoms with Gasteiger partial charge in [0.1, 0.15) is 17.0 Å². The number of hydrogen-bond acceptors (Lipinski definition) is 4. The van der Waals surface area contributed by atoms with Crippen LogP contribution in [0.1, 0.15) is 16.1 Å². The van der Waals surface area contributed by atoms with Crippen LogP contribution in [-0.2, 0) is 6.54 Å². The maximum Gasteiger partial charge on any atom is 0.270 e.